The number of furan rings is 2. The van der Waals surface area contributed by atoms with Crippen LogP contribution >= 0.6 is 11.6 Å². The summed E-state index contributed by atoms with van der Waals surface area (Å²) in [7, 11) is 0. The van der Waals surface area contributed by atoms with Crippen molar-refractivity contribution in [3.05, 3.63) is 59.6 Å². The third-order valence-corrected chi connectivity index (χ3v) is 4.27. The average Bonchev–Trinajstić information content (AvgIpc) is 3.05. The molecule has 0 spiro atoms. The maximum absolute atomic E-state index is 6.32. The average molecular weight is 293 g/mol. The van der Waals surface area contributed by atoms with E-state index in [0.29, 0.717) is 5.02 Å². The van der Waals surface area contributed by atoms with Gasteiger partial charge in [0.1, 0.15) is 11.2 Å². The van der Waals surface area contributed by atoms with E-state index in [1.807, 2.05) is 36.4 Å². The summed E-state index contributed by atoms with van der Waals surface area (Å²) in [6.07, 6.45) is 0. The van der Waals surface area contributed by atoms with Crippen LogP contribution < -0.4 is 0 Å². The number of fused-ring (bicyclic) bond motifs is 7. The standard InChI is InChI=1S/C18H9ClO2/c19-13-5-3-7-15-16(13)12-9-8-11-10-4-1-2-6-14(10)20-17(11)18(12)21-15/h1-9H. The van der Waals surface area contributed by atoms with E-state index >= 15 is 0 Å². The quantitative estimate of drug-likeness (QED) is 0.343. The van der Waals surface area contributed by atoms with Crippen LogP contribution in [-0.2, 0) is 0 Å². The lowest BCUT2D eigenvalue weighted by Gasteiger charge is -1.92. The van der Waals surface area contributed by atoms with Gasteiger partial charge in [0.25, 0.3) is 0 Å². The summed E-state index contributed by atoms with van der Waals surface area (Å²) in [5.74, 6) is 0. The van der Waals surface area contributed by atoms with Crippen LogP contribution in [0.5, 0.6) is 0 Å². The Kier molecular flexibility index (Phi) is 2.04. The molecule has 0 aliphatic carbocycles. The Morgan fingerprint density at radius 2 is 1.33 bits per heavy atom. The molecule has 2 heterocycles. The van der Waals surface area contributed by atoms with E-state index in [-0.39, 0.29) is 0 Å². The first-order valence-electron chi connectivity index (χ1n) is 6.74. The Bertz CT molecular complexity index is 1150. The summed E-state index contributed by atoms with van der Waals surface area (Å²) in [4.78, 5) is 0. The van der Waals surface area contributed by atoms with Crippen molar-refractivity contribution in [1.29, 1.82) is 0 Å². The zero-order valence-corrected chi connectivity index (χ0v) is 11.6. The zero-order chi connectivity index (χ0) is 14.0. The van der Waals surface area contributed by atoms with E-state index in [2.05, 4.69) is 18.2 Å². The minimum atomic E-state index is 0.696. The fraction of sp³-hybridized carbons (Fsp3) is 0. The first-order valence-corrected chi connectivity index (χ1v) is 7.12. The first-order chi connectivity index (χ1) is 10.3. The molecule has 21 heavy (non-hydrogen) atoms. The van der Waals surface area contributed by atoms with E-state index in [1.165, 1.54) is 0 Å². The Balaban J connectivity index is 2.09. The van der Waals surface area contributed by atoms with Gasteiger partial charge < -0.3 is 8.83 Å². The number of hydrogen-bond acceptors (Lipinski definition) is 2. The molecule has 3 heteroatoms. The molecule has 0 amide bonds. The second kappa shape index (κ2) is 3.80. The summed E-state index contributed by atoms with van der Waals surface area (Å²) in [6, 6.07) is 17.8. The molecule has 0 aliphatic rings. The minimum absolute atomic E-state index is 0.696. The highest BCUT2D eigenvalue weighted by Gasteiger charge is 2.16. The van der Waals surface area contributed by atoms with Gasteiger partial charge in [-0.1, -0.05) is 35.9 Å². The summed E-state index contributed by atoms with van der Waals surface area (Å²) in [5, 5.41) is 4.79. The lowest BCUT2D eigenvalue weighted by Crippen LogP contribution is -1.70. The van der Waals surface area contributed by atoms with E-state index in [4.69, 9.17) is 20.4 Å². The molecule has 0 aliphatic heterocycles. The van der Waals surface area contributed by atoms with Gasteiger partial charge >= 0.3 is 0 Å². The predicted octanol–water partition coefficient (Wildman–Crippen LogP) is 6.14. The molecule has 0 bridgehead atoms. The molecule has 0 N–H and O–H groups in total. The number of rotatable bonds is 0. The van der Waals surface area contributed by atoms with Crippen molar-refractivity contribution in [1.82, 2.24) is 0 Å². The maximum Gasteiger partial charge on any atom is 0.178 e. The van der Waals surface area contributed by atoms with Gasteiger partial charge in [-0.2, -0.15) is 0 Å². The molecule has 2 nitrogen and oxygen atoms in total. The van der Waals surface area contributed by atoms with Gasteiger partial charge in [0.15, 0.2) is 11.2 Å². The van der Waals surface area contributed by atoms with Crippen LogP contribution in [0.4, 0.5) is 0 Å². The van der Waals surface area contributed by atoms with Gasteiger partial charge in [0.2, 0.25) is 0 Å². The highest BCUT2D eigenvalue weighted by molar-refractivity contribution is 6.38. The molecule has 0 radical (unpaired) electrons. The second-order valence-corrected chi connectivity index (χ2v) is 5.54. The molecule has 5 aromatic rings. The van der Waals surface area contributed by atoms with Crippen molar-refractivity contribution in [3.63, 3.8) is 0 Å². The van der Waals surface area contributed by atoms with Gasteiger partial charge in [-0.15, -0.1) is 0 Å². The normalized spacial score (nSPS) is 12.0. The smallest absolute Gasteiger partial charge is 0.178 e. The van der Waals surface area contributed by atoms with Crippen molar-refractivity contribution >= 4 is 55.5 Å². The molecular formula is C18H9ClO2. The first kappa shape index (κ1) is 11.2. The fourth-order valence-corrected chi connectivity index (χ4v) is 3.29. The molecule has 2 aromatic heterocycles. The second-order valence-electron chi connectivity index (χ2n) is 5.13. The SMILES string of the molecule is Clc1cccc2oc3c(ccc4c5ccccc5oc43)c12. The number of halogens is 1. The van der Waals surface area contributed by atoms with Crippen LogP contribution in [0.15, 0.2) is 63.4 Å². The third-order valence-electron chi connectivity index (χ3n) is 3.96. The van der Waals surface area contributed by atoms with Crippen LogP contribution in [0.1, 0.15) is 0 Å². The molecule has 100 valence electrons. The van der Waals surface area contributed by atoms with Gasteiger partial charge in [-0.25, -0.2) is 0 Å². The van der Waals surface area contributed by atoms with Crippen LogP contribution in [0.2, 0.25) is 5.02 Å². The highest BCUT2D eigenvalue weighted by atomic mass is 35.5. The zero-order valence-electron chi connectivity index (χ0n) is 10.9. The van der Waals surface area contributed by atoms with Crippen molar-refractivity contribution in [2.45, 2.75) is 0 Å². The Morgan fingerprint density at radius 1 is 0.619 bits per heavy atom. The monoisotopic (exact) mass is 292 g/mol. The van der Waals surface area contributed by atoms with Gasteiger partial charge in [0.05, 0.1) is 5.02 Å². The summed E-state index contributed by atoms with van der Waals surface area (Å²) in [5.41, 5.74) is 3.18. The number of hydrogen-bond donors (Lipinski definition) is 0. The molecule has 5 rings (SSSR count). The molecule has 0 saturated carbocycles. The van der Waals surface area contributed by atoms with Crippen molar-refractivity contribution in [2.75, 3.05) is 0 Å². The fourth-order valence-electron chi connectivity index (χ4n) is 3.02. The van der Waals surface area contributed by atoms with Crippen molar-refractivity contribution in [2.24, 2.45) is 0 Å². The van der Waals surface area contributed by atoms with E-state index in [0.717, 1.165) is 43.9 Å². The third kappa shape index (κ3) is 1.38. The topological polar surface area (TPSA) is 26.3 Å². The number of para-hydroxylation sites is 1. The van der Waals surface area contributed by atoms with Gasteiger partial charge in [0, 0.05) is 21.5 Å². The number of benzene rings is 3. The van der Waals surface area contributed by atoms with Crippen molar-refractivity contribution < 1.29 is 8.83 Å². The largest absolute Gasteiger partial charge is 0.452 e. The van der Waals surface area contributed by atoms with E-state index in [9.17, 15) is 0 Å². The lowest BCUT2D eigenvalue weighted by atomic mass is 10.1. The molecule has 0 fully saturated rings. The van der Waals surface area contributed by atoms with Crippen LogP contribution in [0.25, 0.3) is 43.9 Å². The molecule has 0 atom stereocenters. The van der Waals surface area contributed by atoms with Crippen LogP contribution in [0.3, 0.4) is 0 Å². The van der Waals surface area contributed by atoms with Crippen molar-refractivity contribution in [3.8, 4) is 0 Å². The summed E-state index contributed by atoms with van der Waals surface area (Å²) < 4.78 is 12.0. The highest BCUT2D eigenvalue weighted by Crippen LogP contribution is 2.40. The van der Waals surface area contributed by atoms with Crippen LogP contribution in [-0.4, -0.2) is 0 Å². The van der Waals surface area contributed by atoms with E-state index < -0.39 is 0 Å². The van der Waals surface area contributed by atoms with Gasteiger partial charge in [-0.3, -0.25) is 0 Å². The maximum atomic E-state index is 6.32. The Labute approximate surface area is 124 Å². The molecule has 0 saturated heterocycles. The van der Waals surface area contributed by atoms with E-state index in [1.54, 1.807) is 0 Å². The summed E-state index contributed by atoms with van der Waals surface area (Å²) >= 11 is 6.32. The molecular weight excluding hydrogens is 284 g/mol. The Morgan fingerprint density at radius 3 is 2.29 bits per heavy atom. The summed E-state index contributed by atoms with van der Waals surface area (Å²) in [6.45, 7) is 0. The minimum Gasteiger partial charge on any atom is -0.452 e. The van der Waals surface area contributed by atoms with Gasteiger partial charge in [-0.05, 0) is 30.3 Å². The Hall–Kier alpha value is -2.45. The predicted molar refractivity (Wildman–Crippen MR) is 86.0 cm³/mol. The molecule has 3 aromatic carbocycles. The lowest BCUT2D eigenvalue weighted by molar-refractivity contribution is 0.633. The van der Waals surface area contributed by atoms with Crippen LogP contribution in [0, 0.1) is 0 Å². The molecule has 0 unspecified atom stereocenters.